The molecule has 9 heteroatoms. The van der Waals surface area contributed by atoms with Crippen LogP contribution >= 0.6 is 0 Å². The SMILES string of the molecule is COC(=O)c1cc(OC)ccc1NC(=O)c1ccc(S(=O)(=O)N2CCCCCC2)cc1. The first-order valence-electron chi connectivity index (χ1n) is 10.0. The number of carbonyl (C=O) groups excluding carboxylic acids is 2. The summed E-state index contributed by atoms with van der Waals surface area (Å²) in [6.07, 6.45) is 3.77. The minimum atomic E-state index is -3.59. The van der Waals surface area contributed by atoms with Gasteiger partial charge in [-0.15, -0.1) is 0 Å². The van der Waals surface area contributed by atoms with Gasteiger partial charge in [0.1, 0.15) is 5.75 Å². The Labute approximate surface area is 182 Å². The molecule has 0 saturated carbocycles. The smallest absolute Gasteiger partial charge is 0.340 e. The van der Waals surface area contributed by atoms with Crippen LogP contribution in [0.5, 0.6) is 5.75 Å². The van der Waals surface area contributed by atoms with Crippen LogP contribution in [-0.4, -0.2) is 51.9 Å². The number of ether oxygens (including phenoxy) is 2. The van der Waals surface area contributed by atoms with Crippen molar-refractivity contribution in [2.24, 2.45) is 0 Å². The summed E-state index contributed by atoms with van der Waals surface area (Å²) in [6, 6.07) is 10.4. The van der Waals surface area contributed by atoms with Crippen molar-refractivity contribution in [1.82, 2.24) is 4.31 Å². The summed E-state index contributed by atoms with van der Waals surface area (Å²) in [6.45, 7) is 1.02. The van der Waals surface area contributed by atoms with Crippen LogP contribution in [0.25, 0.3) is 0 Å². The van der Waals surface area contributed by atoms with Crippen molar-refractivity contribution in [3.63, 3.8) is 0 Å². The quantitative estimate of drug-likeness (QED) is 0.683. The fourth-order valence-corrected chi connectivity index (χ4v) is 4.96. The van der Waals surface area contributed by atoms with Crippen molar-refractivity contribution < 1.29 is 27.5 Å². The van der Waals surface area contributed by atoms with E-state index in [2.05, 4.69) is 5.32 Å². The Morgan fingerprint density at radius 3 is 2.16 bits per heavy atom. The van der Waals surface area contributed by atoms with Crippen LogP contribution in [0, 0.1) is 0 Å². The summed E-state index contributed by atoms with van der Waals surface area (Å²) in [7, 11) is -0.874. The maximum atomic E-state index is 12.9. The van der Waals surface area contributed by atoms with Crippen LogP contribution in [0.4, 0.5) is 5.69 Å². The molecule has 0 spiro atoms. The number of nitrogens with one attached hydrogen (secondary N) is 1. The third kappa shape index (κ3) is 5.23. The molecule has 1 fully saturated rings. The number of rotatable bonds is 6. The van der Waals surface area contributed by atoms with E-state index >= 15 is 0 Å². The number of hydrogen-bond acceptors (Lipinski definition) is 6. The van der Waals surface area contributed by atoms with Crippen LogP contribution in [0.3, 0.4) is 0 Å². The number of esters is 1. The minimum Gasteiger partial charge on any atom is -0.497 e. The van der Waals surface area contributed by atoms with E-state index in [0.717, 1.165) is 25.7 Å². The number of methoxy groups -OCH3 is 2. The van der Waals surface area contributed by atoms with Gasteiger partial charge in [-0.2, -0.15) is 4.31 Å². The Morgan fingerprint density at radius 1 is 0.935 bits per heavy atom. The molecular weight excluding hydrogens is 420 g/mol. The van der Waals surface area contributed by atoms with E-state index in [1.165, 1.54) is 48.9 Å². The molecule has 1 aliphatic heterocycles. The average Bonchev–Trinajstić information content (AvgIpc) is 3.09. The van der Waals surface area contributed by atoms with Crippen molar-refractivity contribution in [3.05, 3.63) is 53.6 Å². The predicted molar refractivity (Wildman–Crippen MR) is 116 cm³/mol. The number of carbonyl (C=O) groups is 2. The molecule has 1 heterocycles. The summed E-state index contributed by atoms with van der Waals surface area (Å²) in [4.78, 5) is 24.9. The molecule has 0 atom stereocenters. The first-order chi connectivity index (χ1) is 14.9. The normalized spacial score (nSPS) is 15.0. The van der Waals surface area contributed by atoms with Gasteiger partial charge in [0.25, 0.3) is 5.91 Å². The topological polar surface area (TPSA) is 102 Å². The van der Waals surface area contributed by atoms with Gasteiger partial charge in [0.2, 0.25) is 10.0 Å². The van der Waals surface area contributed by atoms with E-state index in [1.54, 1.807) is 12.1 Å². The summed E-state index contributed by atoms with van der Waals surface area (Å²) in [5.74, 6) is -0.649. The fraction of sp³-hybridized carbons (Fsp3) is 0.364. The number of nitrogens with zero attached hydrogens (tertiary/aromatic N) is 1. The lowest BCUT2D eigenvalue weighted by atomic mass is 10.1. The Balaban J connectivity index is 1.79. The number of hydrogen-bond donors (Lipinski definition) is 1. The highest BCUT2D eigenvalue weighted by Crippen LogP contribution is 2.24. The lowest BCUT2D eigenvalue weighted by molar-refractivity contribution is 0.0601. The Kier molecular flexibility index (Phi) is 7.29. The van der Waals surface area contributed by atoms with Crippen molar-refractivity contribution in [2.75, 3.05) is 32.6 Å². The van der Waals surface area contributed by atoms with Gasteiger partial charge in [-0.05, 0) is 55.3 Å². The zero-order chi connectivity index (χ0) is 22.4. The summed E-state index contributed by atoms with van der Waals surface area (Å²) < 4.78 is 37.2. The Bertz CT molecular complexity index is 1040. The van der Waals surface area contributed by atoms with Crippen molar-refractivity contribution in [3.8, 4) is 5.75 Å². The molecule has 0 unspecified atom stereocenters. The van der Waals surface area contributed by atoms with E-state index in [0.29, 0.717) is 18.8 Å². The van der Waals surface area contributed by atoms with Crippen LogP contribution in [0.1, 0.15) is 46.4 Å². The average molecular weight is 447 g/mol. The maximum Gasteiger partial charge on any atom is 0.340 e. The van der Waals surface area contributed by atoms with Gasteiger partial charge < -0.3 is 14.8 Å². The second-order valence-electron chi connectivity index (χ2n) is 7.20. The van der Waals surface area contributed by atoms with E-state index in [1.807, 2.05) is 0 Å². The fourth-order valence-electron chi connectivity index (χ4n) is 3.44. The minimum absolute atomic E-state index is 0.149. The molecule has 2 aromatic carbocycles. The van der Waals surface area contributed by atoms with Crippen LogP contribution < -0.4 is 10.1 Å². The zero-order valence-electron chi connectivity index (χ0n) is 17.6. The van der Waals surface area contributed by atoms with Crippen LogP contribution in [0.2, 0.25) is 0 Å². The van der Waals surface area contributed by atoms with Crippen LogP contribution in [0.15, 0.2) is 47.4 Å². The highest BCUT2D eigenvalue weighted by molar-refractivity contribution is 7.89. The van der Waals surface area contributed by atoms with Gasteiger partial charge in [-0.1, -0.05) is 12.8 Å². The van der Waals surface area contributed by atoms with Crippen LogP contribution in [-0.2, 0) is 14.8 Å². The van der Waals surface area contributed by atoms with Gasteiger partial charge in [0.15, 0.2) is 0 Å². The molecule has 1 amide bonds. The highest BCUT2D eigenvalue weighted by Gasteiger charge is 2.25. The molecule has 2 aromatic rings. The third-order valence-corrected chi connectivity index (χ3v) is 7.11. The molecule has 1 saturated heterocycles. The van der Waals surface area contributed by atoms with E-state index in [-0.39, 0.29) is 21.7 Å². The van der Waals surface area contributed by atoms with Crippen molar-refractivity contribution in [1.29, 1.82) is 0 Å². The number of amides is 1. The standard InChI is InChI=1S/C22H26N2O6S/c1-29-17-9-12-20(19(15-17)22(26)30-2)23-21(25)16-7-10-18(11-8-16)31(27,28)24-13-5-3-4-6-14-24/h7-12,15H,3-6,13-14H2,1-2H3,(H,23,25). The Hall–Kier alpha value is -2.91. The third-order valence-electron chi connectivity index (χ3n) is 5.20. The Morgan fingerprint density at radius 2 is 1.58 bits per heavy atom. The molecule has 1 aliphatic rings. The van der Waals surface area contributed by atoms with Gasteiger partial charge in [0.05, 0.1) is 30.4 Å². The van der Waals surface area contributed by atoms with Gasteiger partial charge >= 0.3 is 5.97 Å². The molecular formula is C22H26N2O6S. The lowest BCUT2D eigenvalue weighted by Crippen LogP contribution is -2.31. The van der Waals surface area contributed by atoms with Crippen molar-refractivity contribution in [2.45, 2.75) is 30.6 Å². The van der Waals surface area contributed by atoms with Gasteiger partial charge in [-0.3, -0.25) is 4.79 Å². The first kappa shape index (κ1) is 22.8. The predicted octanol–water partition coefficient (Wildman–Crippen LogP) is 3.30. The maximum absolute atomic E-state index is 12.9. The molecule has 31 heavy (non-hydrogen) atoms. The number of anilines is 1. The van der Waals surface area contributed by atoms with Crippen molar-refractivity contribution >= 4 is 27.6 Å². The first-order valence-corrected chi connectivity index (χ1v) is 11.5. The molecule has 0 aromatic heterocycles. The number of sulfonamides is 1. The zero-order valence-corrected chi connectivity index (χ0v) is 18.4. The molecule has 8 nitrogen and oxygen atoms in total. The van der Waals surface area contributed by atoms with Gasteiger partial charge in [0, 0.05) is 18.7 Å². The molecule has 1 N–H and O–H groups in total. The van der Waals surface area contributed by atoms with Gasteiger partial charge in [-0.25, -0.2) is 13.2 Å². The molecule has 0 radical (unpaired) electrons. The van der Waals surface area contributed by atoms with E-state index in [9.17, 15) is 18.0 Å². The molecule has 3 rings (SSSR count). The molecule has 0 bridgehead atoms. The lowest BCUT2D eigenvalue weighted by Gasteiger charge is -2.20. The van der Waals surface area contributed by atoms with E-state index < -0.39 is 21.9 Å². The summed E-state index contributed by atoms with van der Waals surface area (Å²) in [5.41, 5.74) is 0.677. The van der Waals surface area contributed by atoms with E-state index in [4.69, 9.17) is 9.47 Å². The molecule has 166 valence electrons. The second-order valence-corrected chi connectivity index (χ2v) is 9.14. The second kappa shape index (κ2) is 9.93. The summed E-state index contributed by atoms with van der Waals surface area (Å²) in [5, 5.41) is 2.67. The largest absolute Gasteiger partial charge is 0.497 e. The monoisotopic (exact) mass is 446 g/mol. The highest BCUT2D eigenvalue weighted by atomic mass is 32.2. The number of benzene rings is 2. The molecule has 0 aliphatic carbocycles. The summed E-state index contributed by atoms with van der Waals surface area (Å²) >= 11 is 0.